The molecule has 1 aromatic heterocycles. The monoisotopic (exact) mass is 649 g/mol. The molecule has 1 amide bonds. The van der Waals surface area contributed by atoms with Gasteiger partial charge in [-0.25, -0.2) is 4.79 Å². The van der Waals surface area contributed by atoms with Gasteiger partial charge in [-0.05, 0) is 19.8 Å². The van der Waals surface area contributed by atoms with Gasteiger partial charge in [-0.3, -0.25) is 9.69 Å². The van der Waals surface area contributed by atoms with E-state index in [1.807, 2.05) is 0 Å². The summed E-state index contributed by atoms with van der Waals surface area (Å²) >= 11 is 0. The van der Waals surface area contributed by atoms with Gasteiger partial charge in [0.05, 0.1) is 25.9 Å². The first-order valence-corrected chi connectivity index (χ1v) is 14.9. The van der Waals surface area contributed by atoms with Crippen LogP contribution in [0.2, 0.25) is 0 Å². The minimum absolute atomic E-state index is 0.0204. The lowest BCUT2D eigenvalue weighted by atomic mass is 9.98. The Morgan fingerprint density at radius 2 is 1.44 bits per heavy atom. The Balaban J connectivity index is 1.25. The van der Waals surface area contributed by atoms with E-state index in [1.54, 1.807) is 11.8 Å². The van der Waals surface area contributed by atoms with Crippen molar-refractivity contribution in [3.8, 4) is 11.8 Å². The number of ether oxygens (including phenoxy) is 5. The number of aromatic nitrogens is 1. The van der Waals surface area contributed by atoms with E-state index in [2.05, 4.69) is 5.32 Å². The predicted octanol–water partition coefficient (Wildman–Crippen LogP) is -3.50. The van der Waals surface area contributed by atoms with Crippen molar-refractivity contribution < 1.29 is 73.9 Å². The highest BCUT2D eigenvalue weighted by Gasteiger charge is 2.50. The van der Waals surface area contributed by atoms with E-state index in [1.165, 1.54) is 12.1 Å². The second-order valence-corrected chi connectivity index (χ2v) is 11.1. The first kappa shape index (κ1) is 35.2. The number of rotatable bonds is 9. The third kappa shape index (κ3) is 9.23. The number of aliphatic hydroxyl groups excluding tert-OH is 5. The highest BCUT2D eigenvalue weighted by molar-refractivity contribution is 5.78. The van der Waals surface area contributed by atoms with E-state index >= 15 is 0 Å². The number of carbonyl (C=O) groups is 2. The van der Waals surface area contributed by atoms with Gasteiger partial charge in [0.25, 0.3) is 0 Å². The van der Waals surface area contributed by atoms with Crippen LogP contribution >= 0.6 is 0 Å². The number of nitrogens with zero attached hydrogens (tertiary/aromatic N) is 2. The number of hydrogen-bond acceptors (Lipinski definition) is 16. The first-order valence-electron chi connectivity index (χ1n) is 14.9. The summed E-state index contributed by atoms with van der Waals surface area (Å²) in [5.74, 6) is -1.76. The molecule has 0 spiro atoms. The number of aliphatic hydroxyl groups is 5. The molecular weight excluding hydrogens is 606 g/mol. The maximum absolute atomic E-state index is 12.7. The van der Waals surface area contributed by atoms with E-state index < -0.39 is 79.3 Å². The molecule has 256 valence electrons. The topological polar surface area (TPSA) is 251 Å². The maximum Gasteiger partial charge on any atom is 0.333 e. The van der Waals surface area contributed by atoms with Crippen molar-refractivity contribution in [2.24, 2.45) is 0 Å². The lowest BCUT2D eigenvalue weighted by Gasteiger charge is -2.46. The second kappa shape index (κ2) is 16.3. The minimum atomic E-state index is -1.72. The number of amides is 1. The average molecular weight is 650 g/mol. The van der Waals surface area contributed by atoms with Crippen molar-refractivity contribution in [3.63, 3.8) is 0 Å². The lowest BCUT2D eigenvalue weighted by molar-refractivity contribution is -0.383. The van der Waals surface area contributed by atoms with Crippen LogP contribution in [-0.2, 0) is 33.3 Å². The van der Waals surface area contributed by atoms with Crippen molar-refractivity contribution in [2.45, 2.75) is 94.2 Å². The summed E-state index contributed by atoms with van der Waals surface area (Å²) in [5.41, 5.74) is 0. The molecule has 18 nitrogen and oxygen atoms in total. The molecule has 1 aromatic rings. The third-order valence-electron chi connectivity index (χ3n) is 7.72. The van der Waals surface area contributed by atoms with Gasteiger partial charge in [-0.1, -0.05) is 6.42 Å². The van der Waals surface area contributed by atoms with Gasteiger partial charge in [0.2, 0.25) is 17.7 Å². The molecule has 0 aliphatic carbocycles. The molecule has 45 heavy (non-hydrogen) atoms. The van der Waals surface area contributed by atoms with Crippen molar-refractivity contribution in [1.82, 2.24) is 14.9 Å². The third-order valence-corrected chi connectivity index (χ3v) is 7.72. The Labute approximate surface area is 258 Å². The fourth-order valence-corrected chi connectivity index (χ4v) is 5.08. The number of nitrogens with one attached hydrogen (secondary N) is 1. The molecule has 4 bridgehead atoms. The number of fused-ring (bicyclic) bond motifs is 4. The molecule has 3 aliphatic heterocycles. The normalized spacial score (nSPS) is 34.9. The molecule has 18 heteroatoms. The van der Waals surface area contributed by atoms with Crippen LogP contribution in [0.5, 0.6) is 11.8 Å². The molecule has 8 N–H and O–H groups in total. The molecular formula is C27H43N3O15. The van der Waals surface area contributed by atoms with Crippen LogP contribution in [0.1, 0.15) is 32.6 Å². The molecule has 4 rings (SSSR count). The van der Waals surface area contributed by atoms with Crippen LogP contribution in [0, 0.1) is 0 Å². The molecule has 0 aromatic carbocycles. The van der Waals surface area contributed by atoms with Crippen LogP contribution in [0.3, 0.4) is 0 Å². The molecule has 10 unspecified atom stereocenters. The van der Waals surface area contributed by atoms with Crippen LogP contribution in [0.4, 0.5) is 0 Å². The molecule has 3 fully saturated rings. The fraction of sp³-hybridized carbons (Fsp3) is 0.778. The van der Waals surface area contributed by atoms with Gasteiger partial charge in [-0.15, -0.1) is 4.73 Å². The highest BCUT2D eigenvalue weighted by atomic mass is 16.8. The minimum Gasteiger partial charge on any atom is -0.492 e. The average Bonchev–Trinajstić information content (AvgIpc) is 3.31. The van der Waals surface area contributed by atoms with Crippen molar-refractivity contribution >= 4 is 11.9 Å². The van der Waals surface area contributed by atoms with E-state index in [0.29, 0.717) is 30.5 Å². The summed E-state index contributed by atoms with van der Waals surface area (Å²) in [7, 11) is 0. The number of unbranched alkanes of at least 4 members (excludes halogenated alkanes) is 2. The van der Waals surface area contributed by atoms with Crippen LogP contribution in [0.25, 0.3) is 0 Å². The smallest absolute Gasteiger partial charge is 0.333 e. The summed E-state index contributed by atoms with van der Waals surface area (Å²) in [4.78, 5) is 31.2. The Bertz CT molecular complexity index is 1080. The summed E-state index contributed by atoms with van der Waals surface area (Å²) < 4.78 is 28.7. The highest BCUT2D eigenvalue weighted by Crippen LogP contribution is 2.30. The molecule has 4 heterocycles. The fourth-order valence-electron chi connectivity index (χ4n) is 5.08. The van der Waals surface area contributed by atoms with E-state index in [4.69, 9.17) is 28.5 Å². The van der Waals surface area contributed by atoms with Gasteiger partial charge in [0.15, 0.2) is 18.9 Å². The van der Waals surface area contributed by atoms with Crippen molar-refractivity contribution in [2.75, 3.05) is 39.4 Å². The SMILES string of the molecule is CC1OC2OCCN(CC(=O)NCCCCCC(=O)On3c(O)ccc3O)CCOC3OC(OC(C1O)C2O)C(O)C(O)C3O. The van der Waals surface area contributed by atoms with Gasteiger partial charge < -0.3 is 69.6 Å². The summed E-state index contributed by atoms with van der Waals surface area (Å²) in [6.07, 6.45) is -12.6. The molecule has 10 atom stereocenters. The number of hydrogen-bond donors (Lipinski definition) is 8. The zero-order valence-electron chi connectivity index (χ0n) is 24.8. The van der Waals surface area contributed by atoms with E-state index in [-0.39, 0.29) is 45.2 Å². The Morgan fingerprint density at radius 1 is 0.822 bits per heavy atom. The zero-order chi connectivity index (χ0) is 32.7. The lowest BCUT2D eigenvalue weighted by Crippen LogP contribution is -2.64. The van der Waals surface area contributed by atoms with Gasteiger partial charge >= 0.3 is 5.97 Å². The Morgan fingerprint density at radius 3 is 2.11 bits per heavy atom. The zero-order valence-corrected chi connectivity index (χ0v) is 24.8. The van der Waals surface area contributed by atoms with Crippen LogP contribution < -0.4 is 10.2 Å². The van der Waals surface area contributed by atoms with Gasteiger partial charge in [-0.2, -0.15) is 0 Å². The van der Waals surface area contributed by atoms with Gasteiger partial charge in [0, 0.05) is 38.2 Å². The van der Waals surface area contributed by atoms with Crippen molar-refractivity contribution in [3.05, 3.63) is 12.1 Å². The Kier molecular flexibility index (Phi) is 12.7. The van der Waals surface area contributed by atoms with Crippen LogP contribution in [-0.4, -0.2) is 158 Å². The largest absolute Gasteiger partial charge is 0.492 e. The standard InChI is InChI=1S/C27H43N3O15/c1-14-19(35)24-23(39)26(42-14)41-12-10-29(9-11-40-25-21(37)20(36)22(38)27(43-24)44-25)13-15(31)28-8-4-2-3-5-18(34)45-30-16(32)6-7-17(30)33/h6-7,14,19-27,32-33,35-39H,2-5,8-13H2,1H3,(H,28,31). The molecule has 0 saturated carbocycles. The maximum atomic E-state index is 12.7. The summed E-state index contributed by atoms with van der Waals surface area (Å²) in [6.45, 7) is 2.17. The molecule has 3 aliphatic rings. The van der Waals surface area contributed by atoms with Crippen LogP contribution in [0.15, 0.2) is 12.1 Å². The predicted molar refractivity (Wildman–Crippen MR) is 147 cm³/mol. The number of aromatic hydroxyl groups is 2. The molecule has 0 radical (unpaired) electrons. The molecule has 3 saturated heterocycles. The second-order valence-electron chi connectivity index (χ2n) is 11.1. The number of carbonyl (C=O) groups excluding carboxylic acids is 2. The summed E-state index contributed by atoms with van der Waals surface area (Å²) in [6, 6.07) is 2.36. The summed E-state index contributed by atoms with van der Waals surface area (Å²) in [5, 5.41) is 74.4. The first-order chi connectivity index (χ1) is 21.5. The van der Waals surface area contributed by atoms with E-state index in [9.17, 15) is 45.3 Å². The van der Waals surface area contributed by atoms with Gasteiger partial charge in [0.1, 0.15) is 36.6 Å². The Hall–Kier alpha value is -2.62. The quantitative estimate of drug-likeness (QED) is 0.121. The van der Waals surface area contributed by atoms with Crippen molar-refractivity contribution in [1.29, 1.82) is 0 Å². The van der Waals surface area contributed by atoms with E-state index in [0.717, 1.165) is 0 Å².